The summed E-state index contributed by atoms with van der Waals surface area (Å²) in [4.78, 5) is 0. The molecule has 0 atom stereocenters. The first-order valence-electron chi connectivity index (χ1n) is 2.40. The van der Waals surface area contributed by atoms with Gasteiger partial charge in [-0.15, -0.1) is 0 Å². The molecule has 0 saturated heterocycles. The van der Waals surface area contributed by atoms with Gasteiger partial charge in [-0.1, -0.05) is 0 Å². The van der Waals surface area contributed by atoms with Crippen molar-refractivity contribution in [1.29, 1.82) is 0 Å². The predicted molar refractivity (Wildman–Crippen MR) is 23.3 cm³/mol. The van der Waals surface area contributed by atoms with E-state index >= 15 is 0 Å². The zero-order valence-electron chi connectivity index (χ0n) is 5.49. The molecule has 0 saturated carbocycles. The Hall–Kier alpha value is 1.59. The summed E-state index contributed by atoms with van der Waals surface area (Å²) in [6.07, 6.45) is 0. The Balaban J connectivity index is -0.000000180. The van der Waals surface area contributed by atoms with E-state index in [0.29, 0.717) is 0 Å². The van der Waals surface area contributed by atoms with Gasteiger partial charge < -0.3 is 34.0 Å². The molecule has 0 bridgehead atoms. The van der Waals surface area contributed by atoms with Gasteiger partial charge in [0.2, 0.25) is 0 Å². The first kappa shape index (κ1) is 16.9. The molecule has 0 aromatic rings. The molecule has 0 heterocycles. The molecule has 5 heteroatoms. The Morgan fingerprint density at radius 1 is 1.00 bits per heavy atom. The third kappa shape index (κ3) is 17.7. The van der Waals surface area contributed by atoms with Crippen LogP contribution < -0.4 is 34.0 Å². The molecule has 2 nitrogen and oxygen atoms in total. The topological polar surface area (TPSA) is 18.5 Å². The van der Waals surface area contributed by atoms with Crippen LogP contribution in [0.15, 0.2) is 0 Å². The molecule has 0 spiro atoms. The van der Waals surface area contributed by atoms with Crippen LogP contribution in [0.25, 0.3) is 0 Å². The third-order valence-electron chi connectivity index (χ3n) is 0.407. The van der Waals surface area contributed by atoms with Crippen molar-refractivity contribution >= 4 is 0 Å². The van der Waals surface area contributed by atoms with Crippen molar-refractivity contribution in [2.45, 2.75) is 13.8 Å². The van der Waals surface area contributed by atoms with Gasteiger partial charge in [0.25, 0.3) is 0 Å². The van der Waals surface area contributed by atoms with Crippen molar-refractivity contribution in [3.05, 3.63) is 0 Å². The van der Waals surface area contributed by atoms with Crippen molar-refractivity contribution in [3.8, 4) is 0 Å². The van der Waals surface area contributed by atoms with Gasteiger partial charge in [-0.25, -0.2) is 0 Å². The molecular weight excluding hydrogens is 288 g/mol. The quantitative estimate of drug-likeness (QED) is 0.382. The Morgan fingerprint density at radius 2 is 1.33 bits per heavy atom. The summed E-state index contributed by atoms with van der Waals surface area (Å²) < 4.78 is 9.95. The first-order chi connectivity index (χ1) is 3.41. The molecule has 0 rings (SSSR count). The van der Waals surface area contributed by atoms with Crippen molar-refractivity contribution < 1.29 is 60.5 Å². The van der Waals surface area contributed by atoms with Gasteiger partial charge in [0, 0.05) is 0 Å². The summed E-state index contributed by atoms with van der Waals surface area (Å²) in [7, 11) is 0. The summed E-state index contributed by atoms with van der Waals surface area (Å²) in [5, 5.41) is 0. The Kier molecular flexibility index (Phi) is 30.6. The van der Waals surface area contributed by atoms with Crippen LogP contribution >= 0.6 is 0 Å². The summed E-state index contributed by atoms with van der Waals surface area (Å²) in [5.74, 6) is 0. The minimum Gasteiger partial charge on any atom is -1.00 e. The molecule has 0 radical (unpaired) electrons. The summed E-state index contributed by atoms with van der Waals surface area (Å²) >= 11 is -0.486. The van der Waals surface area contributed by atoms with E-state index in [9.17, 15) is 0 Å². The minimum atomic E-state index is -0.486. The average molecular weight is 298 g/mol. The molecular formula is C4H10Br2O2Ti. The fourth-order valence-electron chi connectivity index (χ4n) is 0.160. The molecule has 0 aliphatic carbocycles. The van der Waals surface area contributed by atoms with Crippen LogP contribution in [0.4, 0.5) is 0 Å². The number of hydrogen-bond acceptors (Lipinski definition) is 2. The smallest absolute Gasteiger partial charge is 1.00 e. The van der Waals surface area contributed by atoms with E-state index in [4.69, 9.17) is 6.64 Å². The van der Waals surface area contributed by atoms with Crippen LogP contribution in [0.2, 0.25) is 0 Å². The maximum absolute atomic E-state index is 4.98. The normalized spacial score (nSPS) is 6.44. The molecule has 0 aromatic heterocycles. The number of halogens is 2. The SMILES string of the molecule is CC[O][Ti+2][O]CC.[Br-].[Br-]. The molecule has 9 heavy (non-hydrogen) atoms. The van der Waals surface area contributed by atoms with Crippen molar-refractivity contribution in [1.82, 2.24) is 0 Å². The largest absolute Gasteiger partial charge is 1.00 e. The molecule has 56 valence electrons. The van der Waals surface area contributed by atoms with E-state index in [0.717, 1.165) is 13.2 Å². The molecule has 0 fully saturated rings. The van der Waals surface area contributed by atoms with Crippen LogP contribution in [0.3, 0.4) is 0 Å². The molecule has 0 amide bonds. The van der Waals surface area contributed by atoms with Crippen LogP contribution in [-0.2, 0) is 26.6 Å². The van der Waals surface area contributed by atoms with Gasteiger partial charge in [-0.05, 0) is 0 Å². The van der Waals surface area contributed by atoms with Gasteiger partial charge in [-0.2, -0.15) is 0 Å². The second kappa shape index (κ2) is 16.3. The van der Waals surface area contributed by atoms with Crippen molar-refractivity contribution in [3.63, 3.8) is 0 Å². The summed E-state index contributed by atoms with van der Waals surface area (Å²) in [5.41, 5.74) is 0. The Morgan fingerprint density at radius 3 is 1.56 bits per heavy atom. The van der Waals surface area contributed by atoms with E-state index in [1.165, 1.54) is 0 Å². The van der Waals surface area contributed by atoms with Gasteiger partial charge >= 0.3 is 53.6 Å². The molecule has 0 aliphatic rings. The van der Waals surface area contributed by atoms with Crippen molar-refractivity contribution in [2.24, 2.45) is 0 Å². The van der Waals surface area contributed by atoms with Crippen molar-refractivity contribution in [2.75, 3.05) is 13.2 Å². The summed E-state index contributed by atoms with van der Waals surface area (Å²) in [6.45, 7) is 5.53. The van der Waals surface area contributed by atoms with E-state index < -0.39 is 19.9 Å². The number of rotatable bonds is 4. The van der Waals surface area contributed by atoms with E-state index in [2.05, 4.69) is 0 Å². The molecule has 0 aromatic carbocycles. The first-order valence-corrected chi connectivity index (χ1v) is 3.67. The zero-order chi connectivity index (χ0) is 5.54. The standard InChI is InChI=1S/2C2H5O.2BrH.Ti/c2*1-2-3;;;/h2*2H2,1H3;2*1H;/q2*-1;;;+4/p-2. The average Bonchev–Trinajstić information content (AvgIpc) is 1.69. The second-order valence-electron chi connectivity index (χ2n) is 0.949. The van der Waals surface area contributed by atoms with Gasteiger partial charge in [0.1, 0.15) is 0 Å². The Bertz CT molecular complexity index is 35.7. The maximum Gasteiger partial charge on any atom is -1.00 e. The van der Waals surface area contributed by atoms with Gasteiger partial charge in [-0.3, -0.25) is 0 Å². The maximum atomic E-state index is 4.98. The van der Waals surface area contributed by atoms with E-state index in [1.54, 1.807) is 0 Å². The second-order valence-corrected chi connectivity index (χ2v) is 2.11. The predicted octanol–water partition coefficient (Wildman–Crippen LogP) is -5.02. The molecule has 0 aliphatic heterocycles. The summed E-state index contributed by atoms with van der Waals surface area (Å²) in [6, 6.07) is 0. The van der Waals surface area contributed by atoms with E-state index in [1.807, 2.05) is 13.8 Å². The fourth-order valence-corrected chi connectivity index (χ4v) is 0.658. The van der Waals surface area contributed by atoms with Crippen LogP contribution in [0.1, 0.15) is 13.8 Å². The Labute approximate surface area is 87.1 Å². The fraction of sp³-hybridized carbons (Fsp3) is 1.00. The third-order valence-corrected chi connectivity index (χ3v) is 1.68. The van der Waals surface area contributed by atoms with Crippen LogP contribution in [0, 0.1) is 0 Å². The van der Waals surface area contributed by atoms with Crippen LogP contribution in [0.5, 0.6) is 0 Å². The van der Waals surface area contributed by atoms with Crippen LogP contribution in [-0.4, -0.2) is 13.2 Å². The number of hydrogen-bond donors (Lipinski definition) is 0. The van der Waals surface area contributed by atoms with Gasteiger partial charge in [0.05, 0.1) is 0 Å². The van der Waals surface area contributed by atoms with E-state index in [-0.39, 0.29) is 34.0 Å². The van der Waals surface area contributed by atoms with Gasteiger partial charge in [0.15, 0.2) is 0 Å². The minimum absolute atomic E-state index is 0. The molecule has 0 N–H and O–H groups in total. The zero-order valence-corrected chi connectivity index (χ0v) is 10.2. The monoisotopic (exact) mass is 296 g/mol. The molecule has 0 unspecified atom stereocenters.